The maximum absolute atomic E-state index is 13.7. The van der Waals surface area contributed by atoms with Gasteiger partial charge in [-0.1, -0.05) is 50.1 Å². The van der Waals surface area contributed by atoms with Crippen molar-refractivity contribution in [3.63, 3.8) is 0 Å². The number of nitrogens with zero attached hydrogens (tertiary/aromatic N) is 2. The van der Waals surface area contributed by atoms with E-state index in [9.17, 15) is 9.18 Å². The van der Waals surface area contributed by atoms with Gasteiger partial charge in [0.25, 0.3) is 0 Å². The molecule has 0 radical (unpaired) electrons. The summed E-state index contributed by atoms with van der Waals surface area (Å²) in [6.07, 6.45) is 3.90. The van der Waals surface area contributed by atoms with E-state index >= 15 is 0 Å². The molecule has 6 nitrogen and oxygen atoms in total. The molecule has 0 bridgehead atoms. The molecule has 1 aliphatic rings. The van der Waals surface area contributed by atoms with Gasteiger partial charge in [0.05, 0.1) is 22.1 Å². The molecule has 1 amide bonds. The summed E-state index contributed by atoms with van der Waals surface area (Å²) in [5.41, 5.74) is 12.1. The van der Waals surface area contributed by atoms with Crippen LogP contribution in [0.3, 0.4) is 0 Å². The average molecular weight is 549 g/mol. The van der Waals surface area contributed by atoms with Gasteiger partial charge in [0, 0.05) is 34.2 Å². The van der Waals surface area contributed by atoms with Crippen molar-refractivity contribution in [3.8, 4) is 17.1 Å². The molecular weight excluding hydrogens is 515 g/mol. The van der Waals surface area contributed by atoms with E-state index in [-0.39, 0.29) is 5.82 Å². The fourth-order valence-corrected chi connectivity index (χ4v) is 6.16. The number of amides is 1. The molecule has 2 unspecified atom stereocenters. The number of aryl methyl sites for hydroxylation is 1. The average Bonchev–Trinajstić information content (AvgIpc) is 3.67. The van der Waals surface area contributed by atoms with Gasteiger partial charge in [0.15, 0.2) is 0 Å². The Labute approximate surface area is 237 Å². The number of hydrogen-bond acceptors (Lipinski definition) is 3. The number of H-pyrrole nitrogens is 1. The van der Waals surface area contributed by atoms with Gasteiger partial charge in [-0.3, -0.25) is 4.79 Å². The molecular formula is C34H33FN4O2. The Morgan fingerprint density at radius 3 is 2.56 bits per heavy atom. The first-order valence-electron chi connectivity index (χ1n) is 14.0. The van der Waals surface area contributed by atoms with Crippen LogP contribution in [0.15, 0.2) is 78.9 Å². The minimum atomic E-state index is -0.440. The number of aliphatic hydroxyl groups excluding tert-OH is 1. The van der Waals surface area contributed by atoms with Crippen molar-refractivity contribution < 1.29 is 14.3 Å². The third-order valence-corrected chi connectivity index (χ3v) is 8.40. The van der Waals surface area contributed by atoms with E-state index in [2.05, 4.69) is 34.7 Å². The number of aliphatic hydroxyl groups is 1. The Kier molecular flexibility index (Phi) is 7.05. The molecule has 1 fully saturated rings. The van der Waals surface area contributed by atoms with Crippen molar-refractivity contribution >= 4 is 38.7 Å². The maximum Gasteiger partial charge on any atom is 0.248 e. The fourth-order valence-electron chi connectivity index (χ4n) is 6.16. The summed E-state index contributed by atoms with van der Waals surface area (Å²) < 4.78 is 15.9. The van der Waals surface area contributed by atoms with Gasteiger partial charge in [-0.05, 0) is 79.3 Å². The minimum Gasteiger partial charge on any atom is -0.396 e. The van der Waals surface area contributed by atoms with Crippen molar-refractivity contribution in [2.24, 2.45) is 17.6 Å². The Hall–Kier alpha value is -4.49. The maximum atomic E-state index is 13.7. The van der Waals surface area contributed by atoms with E-state index in [0.29, 0.717) is 34.9 Å². The van der Waals surface area contributed by atoms with Gasteiger partial charge >= 0.3 is 0 Å². The molecule has 41 heavy (non-hydrogen) atoms. The number of halogens is 1. The predicted molar refractivity (Wildman–Crippen MR) is 163 cm³/mol. The van der Waals surface area contributed by atoms with Crippen molar-refractivity contribution in [2.75, 3.05) is 6.61 Å². The van der Waals surface area contributed by atoms with Crippen LogP contribution in [-0.2, 0) is 0 Å². The smallest absolute Gasteiger partial charge is 0.248 e. The van der Waals surface area contributed by atoms with E-state index in [0.717, 1.165) is 44.5 Å². The molecule has 2 atom stereocenters. The zero-order valence-corrected chi connectivity index (χ0v) is 23.2. The number of fused-ring (bicyclic) bond motifs is 4. The zero-order chi connectivity index (χ0) is 28.7. The van der Waals surface area contributed by atoms with Crippen molar-refractivity contribution in [1.29, 1.82) is 0 Å². The number of para-hydroxylation sites is 1. The van der Waals surface area contributed by atoms with Gasteiger partial charge < -0.3 is 20.4 Å². The van der Waals surface area contributed by atoms with Crippen LogP contribution in [0, 0.1) is 24.6 Å². The van der Waals surface area contributed by atoms with Crippen molar-refractivity contribution in [1.82, 2.24) is 14.5 Å². The highest BCUT2D eigenvalue weighted by Gasteiger charge is 2.22. The molecule has 208 valence electrons. The summed E-state index contributed by atoms with van der Waals surface area (Å²) in [6, 6.07) is 24.5. The van der Waals surface area contributed by atoms with Crippen molar-refractivity contribution in [2.45, 2.75) is 33.1 Å². The number of aromatic amines is 1. The first-order chi connectivity index (χ1) is 19.9. The zero-order valence-electron chi connectivity index (χ0n) is 23.2. The summed E-state index contributed by atoms with van der Waals surface area (Å²) in [5, 5.41) is 10.9. The van der Waals surface area contributed by atoms with Crippen LogP contribution in [0.2, 0.25) is 0 Å². The first-order valence-corrected chi connectivity index (χ1v) is 14.0. The topological polar surface area (TPSA) is 96.9 Å². The normalized spacial score (nSPS) is 16.8. The second-order valence-corrected chi connectivity index (χ2v) is 11.0. The molecule has 0 aliphatic heterocycles. The molecule has 2 aromatic heterocycles. The molecule has 6 aromatic rings. The SMILES string of the molecule is CC1CCCC1CO.Cc1cc(-n2c3ccccc3c3c(-c4nc5ccc(F)cc5[nH]4)cccc32)ccc1C(N)=O. The molecule has 0 saturated heterocycles. The standard InChI is InChI=1S/C27H19FN4O.C7H14O/c1-15-13-17(10-11-18(15)26(29)33)32-23-7-3-2-5-19(23)25-20(6-4-8-24(25)32)27-30-21-12-9-16(28)14-22(21)31-27;1-6-3-2-4-7(6)5-8/h2-14H,1H3,(H2,29,33)(H,30,31);6-8H,2-5H2,1H3. The van der Waals surface area contributed by atoms with Crippen LogP contribution in [0.1, 0.15) is 42.1 Å². The summed E-state index contributed by atoms with van der Waals surface area (Å²) >= 11 is 0. The number of carbonyl (C=O) groups is 1. The molecule has 1 saturated carbocycles. The van der Waals surface area contributed by atoms with Crippen molar-refractivity contribution in [3.05, 3.63) is 95.8 Å². The number of carbonyl (C=O) groups excluding carboxylic acids is 1. The number of primary amides is 1. The fraction of sp³-hybridized carbons (Fsp3) is 0.235. The number of imidazole rings is 1. The molecule has 1 aliphatic carbocycles. The lowest BCUT2D eigenvalue weighted by molar-refractivity contribution is 0.0999. The molecule has 2 heterocycles. The molecule has 0 spiro atoms. The quantitative estimate of drug-likeness (QED) is 0.216. The molecule has 4 N–H and O–H groups in total. The molecule has 7 rings (SSSR count). The summed E-state index contributed by atoms with van der Waals surface area (Å²) in [6.45, 7) is 4.52. The number of rotatable bonds is 4. The van der Waals surface area contributed by atoms with Gasteiger partial charge in [-0.2, -0.15) is 0 Å². The molecule has 7 heteroatoms. The second-order valence-electron chi connectivity index (χ2n) is 11.0. The summed E-state index contributed by atoms with van der Waals surface area (Å²) in [7, 11) is 0. The lowest BCUT2D eigenvalue weighted by atomic mass is 10.00. The second kappa shape index (κ2) is 10.8. The number of aromatic nitrogens is 3. The number of benzene rings is 4. The minimum absolute atomic E-state index is 0.303. The van der Waals surface area contributed by atoms with E-state index in [4.69, 9.17) is 15.8 Å². The highest BCUT2D eigenvalue weighted by molar-refractivity contribution is 6.15. The summed E-state index contributed by atoms with van der Waals surface area (Å²) in [4.78, 5) is 19.7. The van der Waals surface area contributed by atoms with Crippen LogP contribution in [-0.4, -0.2) is 32.2 Å². The van der Waals surface area contributed by atoms with Gasteiger partial charge in [0.2, 0.25) is 5.91 Å². The molecule has 4 aromatic carbocycles. The van der Waals surface area contributed by atoms with E-state index < -0.39 is 5.91 Å². The van der Waals surface area contributed by atoms with Crippen LogP contribution in [0.25, 0.3) is 49.9 Å². The highest BCUT2D eigenvalue weighted by atomic mass is 19.1. The highest BCUT2D eigenvalue weighted by Crippen LogP contribution is 2.38. The monoisotopic (exact) mass is 548 g/mol. The van der Waals surface area contributed by atoms with Gasteiger partial charge in [-0.15, -0.1) is 0 Å². The Bertz CT molecular complexity index is 1900. The van der Waals surface area contributed by atoms with Crippen LogP contribution in [0.4, 0.5) is 4.39 Å². The third-order valence-electron chi connectivity index (χ3n) is 8.40. The number of nitrogens with one attached hydrogen (secondary N) is 1. The first kappa shape index (κ1) is 26.7. The van der Waals surface area contributed by atoms with Crippen LogP contribution >= 0.6 is 0 Å². The largest absolute Gasteiger partial charge is 0.396 e. The van der Waals surface area contributed by atoms with Gasteiger partial charge in [-0.25, -0.2) is 9.37 Å². The lowest BCUT2D eigenvalue weighted by Crippen LogP contribution is -2.12. The van der Waals surface area contributed by atoms with Crippen LogP contribution in [0.5, 0.6) is 0 Å². The number of nitrogens with two attached hydrogens (primary N) is 1. The Morgan fingerprint density at radius 1 is 1.05 bits per heavy atom. The summed E-state index contributed by atoms with van der Waals surface area (Å²) in [5.74, 6) is 1.34. The van der Waals surface area contributed by atoms with E-state index in [1.807, 2.05) is 43.3 Å². The predicted octanol–water partition coefficient (Wildman–Crippen LogP) is 7.29. The van der Waals surface area contributed by atoms with E-state index in [1.54, 1.807) is 12.1 Å². The van der Waals surface area contributed by atoms with Gasteiger partial charge in [0.1, 0.15) is 11.6 Å². The van der Waals surface area contributed by atoms with E-state index in [1.165, 1.54) is 31.4 Å². The number of hydrogen-bond donors (Lipinski definition) is 3. The third kappa shape index (κ3) is 4.87. The Balaban J connectivity index is 0.000000328. The lowest BCUT2D eigenvalue weighted by Gasteiger charge is -2.11. The Morgan fingerprint density at radius 2 is 1.85 bits per heavy atom. The van der Waals surface area contributed by atoms with Crippen LogP contribution < -0.4 is 5.73 Å².